The molecule has 0 aliphatic rings. The van der Waals surface area contributed by atoms with E-state index in [4.69, 9.17) is 34.7 Å². The van der Waals surface area contributed by atoms with Crippen LogP contribution in [0.25, 0.3) is 0 Å². The smallest absolute Gasteiger partial charge is 0.263 e. The number of nitrogens with two attached hydrogens (primary N) is 2. The Kier molecular flexibility index (Phi) is 5.33. The lowest BCUT2D eigenvalue weighted by molar-refractivity contribution is -0.115. The number of aromatic nitrogens is 4. The van der Waals surface area contributed by atoms with E-state index in [1.807, 2.05) is 0 Å². The number of benzene rings is 1. The van der Waals surface area contributed by atoms with Crippen LogP contribution >= 0.6 is 23.2 Å². The molecule has 2 aromatic heterocycles. The molecule has 3 aromatic rings. The van der Waals surface area contributed by atoms with Crippen LogP contribution in [-0.4, -0.2) is 33.1 Å². The number of amides is 1. The summed E-state index contributed by atoms with van der Waals surface area (Å²) in [4.78, 5) is 12.4. The lowest BCUT2D eigenvalue weighted by Gasteiger charge is -2.15. The number of halogens is 2. The van der Waals surface area contributed by atoms with Gasteiger partial charge in [-0.05, 0) is 32.8 Å². The molecule has 0 bridgehead atoms. The zero-order valence-electron chi connectivity index (χ0n) is 13.2. The van der Waals surface area contributed by atoms with Crippen molar-refractivity contribution in [3.8, 4) is 0 Å². The zero-order chi connectivity index (χ0) is 19.4. The van der Waals surface area contributed by atoms with Crippen LogP contribution in [0, 0.1) is 0 Å². The fourth-order valence-electron chi connectivity index (χ4n) is 1.81. The molecule has 0 spiro atoms. The molecule has 2 heterocycles. The second kappa shape index (κ2) is 7.84. The van der Waals surface area contributed by atoms with Gasteiger partial charge in [0.2, 0.25) is 23.4 Å². The Morgan fingerprint density at radius 1 is 1.11 bits per heavy atom. The molecule has 3 rings (SSSR count). The molecule has 1 aromatic carbocycles. The highest BCUT2D eigenvalue weighted by Gasteiger charge is 2.20. The van der Waals surface area contributed by atoms with Crippen molar-refractivity contribution in [2.45, 2.75) is 0 Å². The van der Waals surface area contributed by atoms with Crippen molar-refractivity contribution in [2.24, 2.45) is 10.3 Å². The van der Waals surface area contributed by atoms with E-state index in [2.05, 4.69) is 45.5 Å². The van der Waals surface area contributed by atoms with Gasteiger partial charge in [0.1, 0.15) is 6.54 Å². The summed E-state index contributed by atoms with van der Waals surface area (Å²) in [6.45, 7) is -0.394. The maximum absolute atomic E-state index is 12.4. The highest BCUT2D eigenvalue weighted by atomic mass is 35.5. The van der Waals surface area contributed by atoms with E-state index in [0.717, 1.165) is 5.01 Å². The van der Waals surface area contributed by atoms with Crippen molar-refractivity contribution < 1.29 is 14.1 Å². The average molecular weight is 413 g/mol. The minimum Gasteiger partial charge on any atom is -0.378 e. The van der Waals surface area contributed by atoms with Crippen molar-refractivity contribution in [3.63, 3.8) is 0 Å². The molecule has 5 N–H and O–H groups in total. The topological polar surface area (TPSA) is 187 Å². The van der Waals surface area contributed by atoms with Crippen molar-refractivity contribution >= 4 is 58.1 Å². The van der Waals surface area contributed by atoms with Crippen molar-refractivity contribution in [2.75, 3.05) is 28.3 Å². The second-order valence-electron chi connectivity index (χ2n) is 4.84. The lowest BCUT2D eigenvalue weighted by atomic mass is 10.3. The van der Waals surface area contributed by atoms with Crippen LogP contribution in [0.5, 0.6) is 0 Å². The molecule has 140 valence electrons. The number of hydrogen-bond donors (Lipinski definition) is 3. The Balaban J connectivity index is 1.81. The highest BCUT2D eigenvalue weighted by molar-refractivity contribution is 6.39. The minimum atomic E-state index is -0.558. The van der Waals surface area contributed by atoms with Crippen molar-refractivity contribution in [1.29, 1.82) is 0 Å². The molecule has 0 radical (unpaired) electrons. The minimum absolute atomic E-state index is 0.0609. The third-order valence-corrected chi connectivity index (χ3v) is 3.63. The van der Waals surface area contributed by atoms with Gasteiger partial charge in [-0.2, -0.15) is 0 Å². The first-order chi connectivity index (χ1) is 13.0. The molecule has 0 saturated carbocycles. The Morgan fingerprint density at radius 3 is 2.37 bits per heavy atom. The highest BCUT2D eigenvalue weighted by Crippen LogP contribution is 2.30. The molecular weight excluding hydrogens is 403 g/mol. The van der Waals surface area contributed by atoms with Gasteiger partial charge in [-0.15, -0.1) is 5.11 Å². The largest absolute Gasteiger partial charge is 0.378 e. The normalized spacial score (nSPS) is 11.0. The number of rotatable bonds is 6. The molecule has 13 nitrogen and oxygen atoms in total. The van der Waals surface area contributed by atoms with Gasteiger partial charge >= 0.3 is 0 Å². The number of anilines is 4. The van der Waals surface area contributed by atoms with Gasteiger partial charge in [-0.25, -0.2) is 14.3 Å². The number of carbonyl (C=O) groups excluding carboxylic acids is 1. The van der Waals surface area contributed by atoms with Crippen LogP contribution in [0.1, 0.15) is 0 Å². The summed E-state index contributed by atoms with van der Waals surface area (Å²) < 4.78 is 8.91. The van der Waals surface area contributed by atoms with Crippen LogP contribution in [0.2, 0.25) is 10.0 Å². The predicted molar refractivity (Wildman–Crippen MR) is 94.4 cm³/mol. The zero-order valence-corrected chi connectivity index (χ0v) is 14.7. The van der Waals surface area contributed by atoms with Gasteiger partial charge in [0, 0.05) is 0 Å². The van der Waals surface area contributed by atoms with E-state index < -0.39 is 12.5 Å². The Morgan fingerprint density at radius 2 is 1.78 bits per heavy atom. The number of nitrogens with one attached hydrogen (secondary N) is 1. The summed E-state index contributed by atoms with van der Waals surface area (Å²) in [5.41, 5.74) is 11.4. The standard InChI is InChI=1S/C12H10Cl2N10O3/c13-5-2-1-3-6(14)8(5)17-7(25)4-24(12-10(16)20-27-22-12)23-18-11-9(15)19-26-21-11/h1-3H,4H2,(H2,15,19)(H2,16,20)(H,17,25). The monoisotopic (exact) mass is 412 g/mol. The molecular formula is C12H10Cl2N10O3. The van der Waals surface area contributed by atoms with Crippen molar-refractivity contribution in [1.82, 2.24) is 20.6 Å². The summed E-state index contributed by atoms with van der Waals surface area (Å²) in [6.07, 6.45) is 0. The lowest BCUT2D eigenvalue weighted by Crippen LogP contribution is -2.30. The average Bonchev–Trinajstić information content (AvgIpc) is 3.23. The summed E-state index contributed by atoms with van der Waals surface area (Å²) in [6, 6.07) is 4.78. The molecule has 1 amide bonds. The van der Waals surface area contributed by atoms with Gasteiger partial charge in [0.05, 0.1) is 15.7 Å². The van der Waals surface area contributed by atoms with Gasteiger partial charge in [0.25, 0.3) is 5.82 Å². The molecule has 0 aliphatic heterocycles. The second-order valence-corrected chi connectivity index (χ2v) is 5.65. The number of nitrogens with zero attached hydrogens (tertiary/aromatic N) is 7. The Bertz CT molecular complexity index is 967. The Labute approximate surface area is 160 Å². The van der Waals surface area contributed by atoms with E-state index >= 15 is 0 Å². The first kappa shape index (κ1) is 18.3. The van der Waals surface area contributed by atoms with Gasteiger partial charge in [0.15, 0.2) is 0 Å². The molecule has 0 atom stereocenters. The van der Waals surface area contributed by atoms with E-state index in [1.165, 1.54) is 0 Å². The third kappa shape index (κ3) is 4.21. The van der Waals surface area contributed by atoms with Crippen LogP contribution in [0.4, 0.5) is 29.0 Å². The molecule has 0 unspecified atom stereocenters. The molecule has 27 heavy (non-hydrogen) atoms. The molecule has 15 heteroatoms. The summed E-state index contributed by atoms with van der Waals surface area (Å²) in [7, 11) is 0. The first-order valence-electron chi connectivity index (χ1n) is 7.05. The summed E-state index contributed by atoms with van der Waals surface area (Å²) >= 11 is 12.1. The maximum atomic E-state index is 12.4. The van der Waals surface area contributed by atoms with Crippen molar-refractivity contribution in [3.05, 3.63) is 28.2 Å². The van der Waals surface area contributed by atoms with Gasteiger partial charge in [-0.3, -0.25) is 4.79 Å². The van der Waals surface area contributed by atoms with Crippen LogP contribution < -0.4 is 21.8 Å². The van der Waals surface area contributed by atoms with E-state index in [9.17, 15) is 4.79 Å². The number of nitrogen functional groups attached to an aromatic ring is 2. The Hall–Kier alpha value is -3.45. The summed E-state index contributed by atoms with van der Waals surface area (Å²) in [5, 5.41) is 25.4. The van der Waals surface area contributed by atoms with Crippen LogP contribution in [0.3, 0.4) is 0 Å². The van der Waals surface area contributed by atoms with E-state index in [1.54, 1.807) is 18.2 Å². The molecule has 0 fully saturated rings. The van der Waals surface area contributed by atoms with E-state index in [0.29, 0.717) is 0 Å². The van der Waals surface area contributed by atoms with Gasteiger partial charge < -0.3 is 16.8 Å². The first-order valence-corrected chi connectivity index (χ1v) is 7.80. The SMILES string of the molecule is Nc1nonc1N=NN(CC(=O)Nc1c(Cl)cccc1Cl)c1nonc1N. The number of carbonyl (C=O) groups is 1. The fraction of sp³-hybridized carbons (Fsp3) is 0.0833. The fourth-order valence-corrected chi connectivity index (χ4v) is 2.30. The summed E-state index contributed by atoms with van der Waals surface area (Å²) in [5.74, 6) is -0.947. The molecule has 0 saturated heterocycles. The number of hydrogen-bond acceptors (Lipinski definition) is 11. The van der Waals surface area contributed by atoms with Gasteiger partial charge in [-0.1, -0.05) is 34.5 Å². The predicted octanol–water partition coefficient (Wildman–Crippen LogP) is 2.07. The molecule has 0 aliphatic carbocycles. The quantitative estimate of drug-likeness (QED) is 0.399. The number of para-hydroxylation sites is 1. The maximum Gasteiger partial charge on any atom is 0.263 e. The third-order valence-electron chi connectivity index (χ3n) is 3.00. The van der Waals surface area contributed by atoms with Crippen LogP contribution in [0.15, 0.2) is 37.8 Å². The van der Waals surface area contributed by atoms with E-state index in [-0.39, 0.29) is 39.0 Å². The van der Waals surface area contributed by atoms with Crippen LogP contribution in [-0.2, 0) is 4.79 Å².